The van der Waals surface area contributed by atoms with Crippen LogP contribution in [0.5, 0.6) is 0 Å². The molecule has 2 heterocycles. The van der Waals surface area contributed by atoms with Gasteiger partial charge in [0.15, 0.2) is 11.6 Å². The zero-order valence-electron chi connectivity index (χ0n) is 16.5. The zero-order chi connectivity index (χ0) is 19.1. The van der Waals surface area contributed by atoms with Crippen molar-refractivity contribution in [3.05, 3.63) is 59.5 Å². The average molecular weight is 510 g/mol. The Morgan fingerprint density at radius 2 is 2.04 bits per heavy atom. The van der Waals surface area contributed by atoms with Gasteiger partial charge >= 0.3 is 0 Å². The van der Waals surface area contributed by atoms with Gasteiger partial charge < -0.3 is 10.6 Å². The van der Waals surface area contributed by atoms with Crippen LogP contribution in [0.15, 0.2) is 52.5 Å². The Hall–Kier alpha value is -1.81. The second kappa shape index (κ2) is 11.3. The summed E-state index contributed by atoms with van der Waals surface area (Å²) in [6.45, 7) is 6.41. The summed E-state index contributed by atoms with van der Waals surface area (Å²) in [6, 6.07) is 12.4. The van der Waals surface area contributed by atoms with E-state index in [1.807, 2.05) is 28.8 Å². The van der Waals surface area contributed by atoms with Crippen LogP contribution in [-0.4, -0.2) is 39.9 Å². The monoisotopic (exact) mass is 510 g/mol. The molecule has 0 fully saturated rings. The molecule has 0 aliphatic rings. The van der Waals surface area contributed by atoms with Crippen LogP contribution in [-0.2, 0) is 13.0 Å². The lowest BCUT2D eigenvalue weighted by Gasteiger charge is -2.12. The van der Waals surface area contributed by atoms with E-state index in [-0.39, 0.29) is 24.0 Å². The lowest BCUT2D eigenvalue weighted by Crippen LogP contribution is -2.38. The number of aromatic nitrogens is 3. The van der Waals surface area contributed by atoms with E-state index < -0.39 is 0 Å². The van der Waals surface area contributed by atoms with Crippen molar-refractivity contribution in [2.24, 2.45) is 4.99 Å². The Morgan fingerprint density at radius 3 is 2.82 bits per heavy atom. The first-order valence-electron chi connectivity index (χ1n) is 9.15. The molecule has 2 aromatic heterocycles. The van der Waals surface area contributed by atoms with Crippen LogP contribution in [0.2, 0.25) is 0 Å². The number of nitrogens with one attached hydrogen (secondary N) is 2. The van der Waals surface area contributed by atoms with E-state index in [9.17, 15) is 0 Å². The summed E-state index contributed by atoms with van der Waals surface area (Å²) in [5.41, 5.74) is 3.39. The molecule has 28 heavy (non-hydrogen) atoms. The number of aliphatic imine (C=N–C) groups is 1. The van der Waals surface area contributed by atoms with Crippen molar-refractivity contribution >= 4 is 47.3 Å². The number of halogens is 1. The maximum absolute atomic E-state index is 4.74. The number of aryl methyl sites for hydroxylation is 1. The van der Waals surface area contributed by atoms with Crippen LogP contribution in [0, 0.1) is 6.92 Å². The largest absolute Gasteiger partial charge is 0.357 e. The number of pyridine rings is 1. The molecule has 150 valence electrons. The molecule has 0 unspecified atom stereocenters. The molecule has 2 N–H and O–H groups in total. The molecule has 3 aromatic rings. The molecule has 0 atom stereocenters. The van der Waals surface area contributed by atoms with Gasteiger partial charge in [0.2, 0.25) is 0 Å². The zero-order valence-corrected chi connectivity index (χ0v) is 19.6. The van der Waals surface area contributed by atoms with Crippen molar-refractivity contribution in [3.8, 4) is 0 Å². The highest BCUT2D eigenvalue weighted by molar-refractivity contribution is 14.0. The third-order valence-corrected chi connectivity index (χ3v) is 5.04. The minimum Gasteiger partial charge on any atom is -0.357 e. The quantitative estimate of drug-likeness (QED) is 0.220. The summed E-state index contributed by atoms with van der Waals surface area (Å²) >= 11 is 1.76. The summed E-state index contributed by atoms with van der Waals surface area (Å²) in [6.07, 6.45) is 4.87. The Labute approximate surface area is 187 Å². The van der Waals surface area contributed by atoms with Crippen molar-refractivity contribution in [1.82, 2.24) is 25.2 Å². The normalized spacial score (nSPS) is 11.3. The molecule has 8 heteroatoms. The van der Waals surface area contributed by atoms with Gasteiger partial charge in [0, 0.05) is 30.6 Å². The van der Waals surface area contributed by atoms with Crippen LogP contribution in [0.25, 0.3) is 5.65 Å². The van der Waals surface area contributed by atoms with Gasteiger partial charge in [-0.05, 0) is 49.4 Å². The van der Waals surface area contributed by atoms with Crippen molar-refractivity contribution in [1.29, 1.82) is 0 Å². The van der Waals surface area contributed by atoms with Gasteiger partial charge in [-0.3, -0.25) is 4.40 Å². The van der Waals surface area contributed by atoms with Gasteiger partial charge in [0.05, 0.1) is 6.54 Å². The lowest BCUT2D eigenvalue weighted by atomic mass is 10.1. The van der Waals surface area contributed by atoms with Gasteiger partial charge in [0.1, 0.15) is 5.82 Å². The smallest absolute Gasteiger partial charge is 0.191 e. The summed E-state index contributed by atoms with van der Waals surface area (Å²) in [5.74, 6) is 1.76. The minimum absolute atomic E-state index is 0. The lowest BCUT2D eigenvalue weighted by molar-refractivity contribution is 0.762. The number of benzene rings is 1. The molecule has 0 saturated carbocycles. The van der Waals surface area contributed by atoms with Gasteiger partial charge in [-0.2, -0.15) is 0 Å². The SMILES string of the molecule is CCNC(=NCc1ccc(C)cc1SC)NCCc1nnc2ccccn12.I. The first-order chi connectivity index (χ1) is 13.2. The fourth-order valence-electron chi connectivity index (χ4n) is 2.84. The highest BCUT2D eigenvalue weighted by atomic mass is 127. The molecule has 0 amide bonds. The molecular weight excluding hydrogens is 483 g/mol. The predicted molar refractivity (Wildman–Crippen MR) is 128 cm³/mol. The fourth-order valence-corrected chi connectivity index (χ4v) is 3.54. The molecule has 6 nitrogen and oxygen atoms in total. The van der Waals surface area contributed by atoms with Crippen molar-refractivity contribution < 1.29 is 0 Å². The number of hydrogen-bond donors (Lipinski definition) is 2. The third kappa shape index (κ3) is 5.84. The van der Waals surface area contributed by atoms with E-state index in [1.165, 1.54) is 16.0 Å². The molecule has 0 bridgehead atoms. The molecule has 0 radical (unpaired) electrons. The number of fused-ring (bicyclic) bond motifs is 1. The number of thioether (sulfide) groups is 1. The van der Waals surface area contributed by atoms with Gasteiger partial charge in [-0.1, -0.05) is 18.2 Å². The maximum Gasteiger partial charge on any atom is 0.191 e. The van der Waals surface area contributed by atoms with Crippen LogP contribution < -0.4 is 10.6 Å². The van der Waals surface area contributed by atoms with Crippen LogP contribution in [0.3, 0.4) is 0 Å². The molecule has 0 aliphatic carbocycles. The predicted octanol–water partition coefficient (Wildman–Crippen LogP) is 3.68. The first kappa shape index (κ1) is 22.5. The Bertz CT molecular complexity index is 924. The molecule has 0 aliphatic heterocycles. The van der Waals surface area contributed by atoms with Crippen molar-refractivity contribution in [3.63, 3.8) is 0 Å². The fraction of sp³-hybridized carbons (Fsp3) is 0.350. The summed E-state index contributed by atoms with van der Waals surface area (Å²) in [7, 11) is 0. The van der Waals surface area contributed by atoms with Crippen LogP contribution in [0.4, 0.5) is 0 Å². The van der Waals surface area contributed by atoms with Gasteiger partial charge in [-0.25, -0.2) is 4.99 Å². The van der Waals surface area contributed by atoms with E-state index in [1.54, 1.807) is 11.8 Å². The number of rotatable bonds is 7. The number of nitrogens with zero attached hydrogens (tertiary/aromatic N) is 4. The van der Waals surface area contributed by atoms with E-state index in [4.69, 9.17) is 4.99 Å². The van der Waals surface area contributed by atoms with Gasteiger partial charge in [0.25, 0.3) is 0 Å². The second-order valence-corrected chi connectivity index (χ2v) is 7.08. The van der Waals surface area contributed by atoms with Crippen molar-refractivity contribution in [2.45, 2.75) is 31.7 Å². The highest BCUT2D eigenvalue weighted by Crippen LogP contribution is 2.22. The Kier molecular flexibility index (Phi) is 9.04. The van der Waals surface area contributed by atoms with Gasteiger partial charge in [-0.15, -0.1) is 45.9 Å². The molecule has 0 spiro atoms. The van der Waals surface area contributed by atoms with E-state index in [0.29, 0.717) is 6.54 Å². The molecule has 3 rings (SSSR count). The average Bonchev–Trinajstić information content (AvgIpc) is 3.10. The molecule has 0 saturated heterocycles. The van der Waals surface area contributed by atoms with E-state index in [0.717, 1.165) is 36.9 Å². The Morgan fingerprint density at radius 1 is 1.18 bits per heavy atom. The number of guanidine groups is 1. The summed E-state index contributed by atoms with van der Waals surface area (Å²) in [5, 5.41) is 15.2. The van der Waals surface area contributed by atoms with E-state index >= 15 is 0 Å². The van der Waals surface area contributed by atoms with E-state index in [2.05, 4.69) is 59.1 Å². The van der Waals surface area contributed by atoms with Crippen LogP contribution in [0.1, 0.15) is 23.9 Å². The van der Waals surface area contributed by atoms with Crippen molar-refractivity contribution in [2.75, 3.05) is 19.3 Å². The highest BCUT2D eigenvalue weighted by Gasteiger charge is 2.06. The standard InChI is InChI=1S/C20H26N6S.HI/c1-4-21-20(23-14-16-9-8-15(2)13-17(16)27-3)22-11-10-19-25-24-18-7-5-6-12-26(18)19;/h5-9,12-13H,4,10-11,14H2,1-3H3,(H2,21,22,23);1H. The molecule has 1 aromatic carbocycles. The summed E-state index contributed by atoms with van der Waals surface area (Å²) < 4.78 is 2.02. The third-order valence-electron chi connectivity index (χ3n) is 4.22. The minimum atomic E-state index is 0. The topological polar surface area (TPSA) is 66.6 Å². The number of hydrogen-bond acceptors (Lipinski definition) is 4. The first-order valence-corrected chi connectivity index (χ1v) is 10.4. The Balaban J connectivity index is 0.00000280. The molecular formula is C20H27IN6S. The van der Waals surface area contributed by atoms with Crippen LogP contribution >= 0.6 is 35.7 Å². The summed E-state index contributed by atoms with van der Waals surface area (Å²) in [4.78, 5) is 6.02. The second-order valence-electron chi connectivity index (χ2n) is 6.23. The maximum atomic E-state index is 4.74.